The average Bonchev–Trinajstić information content (AvgIpc) is 1.87. The molecule has 0 aromatic carbocycles. The van der Waals surface area contributed by atoms with Crippen molar-refractivity contribution in [2.75, 3.05) is 0 Å². The molecule has 6 heteroatoms. The molecule has 0 nitrogen and oxygen atoms in total. The molecule has 0 saturated heterocycles. The number of allylic oxidation sites excluding steroid dienone is 1. The molecule has 0 rings (SSSR count). The molecule has 0 saturated carbocycles. The third kappa shape index (κ3) is 12.9. The van der Waals surface area contributed by atoms with Crippen LogP contribution in [0.2, 0.25) is 0 Å². The Labute approximate surface area is 71.1 Å². The van der Waals surface area contributed by atoms with Crippen LogP contribution in [0.3, 0.4) is 0 Å². The first-order chi connectivity index (χ1) is 4.86. The van der Waals surface area contributed by atoms with Crippen molar-refractivity contribution >= 4 is 23.2 Å². The summed E-state index contributed by atoms with van der Waals surface area (Å²) in [5.74, 6) is 0. The van der Waals surface area contributed by atoms with E-state index in [-0.39, 0.29) is 6.33 Å². The maximum absolute atomic E-state index is 10.9. The second-order valence-electron chi connectivity index (χ2n) is 1.15. The monoisotopic (exact) mass is 210 g/mol. The van der Waals surface area contributed by atoms with E-state index in [0.717, 1.165) is 5.54 Å². The van der Waals surface area contributed by atoms with Crippen molar-refractivity contribution in [1.29, 1.82) is 0 Å². The van der Waals surface area contributed by atoms with Crippen molar-refractivity contribution in [3.8, 4) is 0 Å². The van der Waals surface area contributed by atoms with E-state index in [4.69, 9.17) is 0 Å². The fourth-order valence-corrected chi connectivity index (χ4v) is 0. The predicted molar refractivity (Wildman–Crippen MR) is 37.1 cm³/mol. The molecule has 0 spiro atoms. The van der Waals surface area contributed by atoms with E-state index in [0.29, 0.717) is 0 Å². The van der Waals surface area contributed by atoms with Crippen LogP contribution < -0.4 is 0 Å². The first-order valence-corrected chi connectivity index (χ1v) is 2.94. The van der Waals surface area contributed by atoms with Crippen LogP contribution in [0, 0.1) is 0 Å². The van der Waals surface area contributed by atoms with Gasteiger partial charge >= 0.3 is 6.18 Å². The molecule has 0 atom stereocenters. The highest BCUT2D eigenvalue weighted by atomic mass is 35.5. The van der Waals surface area contributed by atoms with E-state index in [1.807, 2.05) is 0 Å². The number of halogens is 6. The average molecular weight is 211 g/mol. The Morgan fingerprint density at radius 2 is 1.55 bits per heavy atom. The van der Waals surface area contributed by atoms with Crippen molar-refractivity contribution in [2.24, 2.45) is 0 Å². The summed E-state index contributed by atoms with van der Waals surface area (Å²) in [6, 6.07) is 0. The number of hydrogen-bond donors (Lipinski definition) is 0. The van der Waals surface area contributed by atoms with Gasteiger partial charge in [0, 0.05) is 5.54 Å². The predicted octanol–water partition coefficient (Wildman–Crippen LogP) is 3.97. The molecule has 0 aliphatic rings. The molecule has 0 aromatic heterocycles. The molecule has 11 heavy (non-hydrogen) atoms. The maximum atomic E-state index is 10.9. The van der Waals surface area contributed by atoms with Crippen molar-refractivity contribution < 1.29 is 17.6 Å². The van der Waals surface area contributed by atoms with Gasteiger partial charge in [0.05, 0.1) is 6.33 Å². The van der Waals surface area contributed by atoms with Crippen LogP contribution in [0.4, 0.5) is 17.6 Å². The van der Waals surface area contributed by atoms with Gasteiger partial charge in [-0.2, -0.15) is 13.2 Å². The van der Waals surface area contributed by atoms with Gasteiger partial charge in [-0.05, 0) is 0 Å². The highest BCUT2D eigenvalue weighted by Crippen LogP contribution is 2.26. The van der Waals surface area contributed by atoms with Crippen molar-refractivity contribution in [2.45, 2.75) is 6.18 Å². The fraction of sp³-hybridized carbons (Fsp3) is 0.200. The lowest BCUT2D eigenvalue weighted by Crippen LogP contribution is -2.04. The number of hydrogen-bond acceptors (Lipinski definition) is 0. The molecule has 0 heterocycles. The van der Waals surface area contributed by atoms with Gasteiger partial charge < -0.3 is 0 Å². The molecule has 0 unspecified atom stereocenters. The van der Waals surface area contributed by atoms with Crippen LogP contribution >= 0.6 is 23.2 Å². The lowest BCUT2D eigenvalue weighted by molar-refractivity contribution is -0.0841. The van der Waals surface area contributed by atoms with Crippen LogP contribution in [0.5, 0.6) is 0 Å². The summed E-state index contributed by atoms with van der Waals surface area (Å²) in [5.41, 5.74) is 0.806. The van der Waals surface area contributed by atoms with Gasteiger partial charge in [0.1, 0.15) is 5.03 Å². The Kier molecular flexibility index (Phi) is 7.89. The summed E-state index contributed by atoms with van der Waals surface area (Å²) in [6.45, 7) is 2.47. The molecule has 0 aliphatic carbocycles. The third-order valence-electron chi connectivity index (χ3n) is 0.355. The van der Waals surface area contributed by atoms with E-state index in [1.54, 1.807) is 0 Å². The molecule has 0 radical (unpaired) electrons. The van der Waals surface area contributed by atoms with Crippen LogP contribution in [-0.4, -0.2) is 6.18 Å². The van der Waals surface area contributed by atoms with Crippen molar-refractivity contribution in [3.05, 3.63) is 23.5 Å². The summed E-state index contributed by atoms with van der Waals surface area (Å²) < 4.78 is 43.2. The first-order valence-electron chi connectivity index (χ1n) is 2.13. The number of rotatable bonds is 0. The lowest BCUT2D eigenvalue weighted by Gasteiger charge is -1.98. The van der Waals surface area contributed by atoms with Gasteiger partial charge in [-0.1, -0.05) is 29.8 Å². The Bertz CT molecular complexity index is 134. The van der Waals surface area contributed by atoms with Gasteiger partial charge in [0.25, 0.3) is 0 Å². The highest BCUT2D eigenvalue weighted by Gasteiger charge is 2.30. The van der Waals surface area contributed by atoms with Gasteiger partial charge in [-0.3, -0.25) is 0 Å². The molecule has 66 valence electrons. The Morgan fingerprint density at radius 1 is 1.36 bits per heavy atom. The summed E-state index contributed by atoms with van der Waals surface area (Å²) in [6.07, 6.45) is -4.16. The smallest absolute Gasteiger partial charge is 0.215 e. The van der Waals surface area contributed by atoms with E-state index < -0.39 is 11.2 Å². The van der Waals surface area contributed by atoms with E-state index in [1.165, 1.54) is 0 Å². The van der Waals surface area contributed by atoms with Gasteiger partial charge in [-0.25, -0.2) is 4.39 Å². The number of alkyl halides is 3. The summed E-state index contributed by atoms with van der Waals surface area (Å²) in [5, 5.41) is -1.28. The summed E-state index contributed by atoms with van der Waals surface area (Å²) in [4.78, 5) is 0. The summed E-state index contributed by atoms with van der Waals surface area (Å²) >= 11 is 9.06. The molecule has 0 aliphatic heterocycles. The zero-order valence-corrected chi connectivity index (χ0v) is 6.64. The topological polar surface area (TPSA) is 0 Å². The normalized spacial score (nSPS) is 10.7. The molecule has 0 amide bonds. The second-order valence-corrected chi connectivity index (χ2v) is 1.86. The Morgan fingerprint density at radius 3 is 1.55 bits per heavy atom. The fourth-order valence-electron chi connectivity index (χ4n) is 0. The Hall–Kier alpha value is -0.220. The van der Waals surface area contributed by atoms with Gasteiger partial charge in [0.2, 0.25) is 0 Å². The minimum Gasteiger partial charge on any atom is -0.215 e. The van der Waals surface area contributed by atoms with Crippen molar-refractivity contribution in [1.82, 2.24) is 0 Å². The van der Waals surface area contributed by atoms with E-state index in [9.17, 15) is 17.6 Å². The van der Waals surface area contributed by atoms with E-state index >= 15 is 0 Å². The molecule has 0 fully saturated rings. The van der Waals surface area contributed by atoms with E-state index in [2.05, 4.69) is 29.8 Å². The standard InChI is InChI=1S/C3H2ClF3.C2H2ClF/c1-2(4)3(5,6)7;3-1-2-4/h1H2;1-2H. The first kappa shape index (κ1) is 13.4. The molecular formula is C5H4Cl2F4. The third-order valence-corrected chi connectivity index (χ3v) is 0.665. The quantitative estimate of drug-likeness (QED) is 0.531. The SMILES string of the molecule is C=C(Cl)C(F)(F)F.FC=CCl. The molecule has 0 N–H and O–H groups in total. The zero-order valence-electron chi connectivity index (χ0n) is 5.13. The van der Waals surface area contributed by atoms with Crippen LogP contribution in [0.15, 0.2) is 23.5 Å². The van der Waals surface area contributed by atoms with Crippen LogP contribution in [0.1, 0.15) is 0 Å². The maximum Gasteiger partial charge on any atom is 0.426 e. The highest BCUT2D eigenvalue weighted by molar-refractivity contribution is 6.30. The van der Waals surface area contributed by atoms with Gasteiger partial charge in [-0.15, -0.1) is 0 Å². The van der Waals surface area contributed by atoms with Crippen LogP contribution in [-0.2, 0) is 0 Å². The second kappa shape index (κ2) is 6.49. The molecular weight excluding hydrogens is 207 g/mol. The van der Waals surface area contributed by atoms with Gasteiger partial charge in [0.15, 0.2) is 0 Å². The summed E-state index contributed by atoms with van der Waals surface area (Å²) in [7, 11) is 0. The molecule has 0 bridgehead atoms. The Balaban J connectivity index is 0. The molecule has 0 aromatic rings. The largest absolute Gasteiger partial charge is 0.426 e. The minimum atomic E-state index is -4.43. The minimum absolute atomic E-state index is 0.265. The lowest BCUT2D eigenvalue weighted by atomic mass is 10.6. The zero-order chi connectivity index (χ0) is 9.49. The van der Waals surface area contributed by atoms with Crippen LogP contribution in [0.25, 0.3) is 0 Å². The van der Waals surface area contributed by atoms with Crippen molar-refractivity contribution in [3.63, 3.8) is 0 Å².